The Morgan fingerprint density at radius 3 is 2.60 bits per heavy atom. The van der Waals surface area contributed by atoms with E-state index in [2.05, 4.69) is 20.4 Å². The lowest BCUT2D eigenvalue weighted by Gasteiger charge is -2.37. The van der Waals surface area contributed by atoms with Gasteiger partial charge in [0.25, 0.3) is 0 Å². The molecule has 0 radical (unpaired) electrons. The predicted octanol–water partition coefficient (Wildman–Crippen LogP) is 2.01. The van der Waals surface area contributed by atoms with E-state index in [0.717, 1.165) is 23.1 Å². The second kappa shape index (κ2) is 9.21. The molecule has 1 unspecified atom stereocenters. The highest BCUT2D eigenvalue weighted by Gasteiger charge is 2.34. The maximum Gasteiger partial charge on any atom is 0.233 e. The summed E-state index contributed by atoms with van der Waals surface area (Å²) in [6.45, 7) is 4.80. The topological polar surface area (TPSA) is 95.5 Å². The van der Waals surface area contributed by atoms with Crippen LogP contribution in [0.1, 0.15) is 12.0 Å². The number of hydrogen-bond acceptors (Lipinski definition) is 9. The van der Waals surface area contributed by atoms with Crippen molar-refractivity contribution < 1.29 is 13.2 Å². The van der Waals surface area contributed by atoms with E-state index in [1.165, 1.54) is 28.7 Å². The number of nitrogens with one attached hydrogen (secondary N) is 1. The Balaban J connectivity index is 1.22. The SMILES string of the molecule is Cc1ccc(Nc2nnc(SCC(=O)N3CCN(C4CCS(=O)(=O)C4)CC3)s2)cc1. The van der Waals surface area contributed by atoms with Crippen molar-refractivity contribution in [3.63, 3.8) is 0 Å². The summed E-state index contributed by atoms with van der Waals surface area (Å²) in [5.74, 6) is 0.960. The molecule has 2 aromatic rings. The van der Waals surface area contributed by atoms with E-state index in [1.54, 1.807) is 0 Å². The van der Waals surface area contributed by atoms with Gasteiger partial charge in [-0.15, -0.1) is 10.2 Å². The minimum Gasteiger partial charge on any atom is -0.339 e. The summed E-state index contributed by atoms with van der Waals surface area (Å²) in [6, 6.07) is 8.16. The molecule has 1 amide bonds. The highest BCUT2D eigenvalue weighted by atomic mass is 32.2. The van der Waals surface area contributed by atoms with Crippen LogP contribution in [0, 0.1) is 6.92 Å². The van der Waals surface area contributed by atoms with Crippen molar-refractivity contribution in [2.24, 2.45) is 0 Å². The predicted molar refractivity (Wildman–Crippen MR) is 120 cm³/mol. The van der Waals surface area contributed by atoms with Crippen LogP contribution in [-0.2, 0) is 14.6 Å². The maximum absolute atomic E-state index is 12.6. The third kappa shape index (κ3) is 5.51. The lowest BCUT2D eigenvalue weighted by Crippen LogP contribution is -2.52. The molecule has 1 atom stereocenters. The molecule has 2 aliphatic heterocycles. The van der Waals surface area contributed by atoms with Crippen LogP contribution in [0.3, 0.4) is 0 Å². The molecule has 0 aliphatic carbocycles. The number of aromatic nitrogens is 2. The zero-order chi connectivity index (χ0) is 21.1. The molecule has 1 N–H and O–H groups in total. The number of aryl methyl sites for hydroxylation is 1. The van der Waals surface area contributed by atoms with Gasteiger partial charge in [0.1, 0.15) is 0 Å². The van der Waals surface area contributed by atoms with Gasteiger partial charge in [-0.1, -0.05) is 40.8 Å². The Morgan fingerprint density at radius 2 is 1.93 bits per heavy atom. The Hall–Kier alpha value is -1.69. The van der Waals surface area contributed by atoms with Gasteiger partial charge in [-0.25, -0.2) is 8.42 Å². The molecule has 0 saturated carbocycles. The fourth-order valence-electron chi connectivity index (χ4n) is 3.69. The van der Waals surface area contributed by atoms with Gasteiger partial charge < -0.3 is 10.2 Å². The summed E-state index contributed by atoms with van der Waals surface area (Å²) < 4.78 is 24.1. The van der Waals surface area contributed by atoms with Crippen LogP contribution in [0.5, 0.6) is 0 Å². The minimum atomic E-state index is -2.88. The molecule has 2 saturated heterocycles. The number of carbonyl (C=O) groups excluding carboxylic acids is 1. The lowest BCUT2D eigenvalue weighted by molar-refractivity contribution is -0.130. The molecule has 2 fully saturated rings. The standard InChI is InChI=1S/C19H25N5O3S3/c1-14-2-4-15(5-3-14)20-18-21-22-19(29-18)28-12-17(25)24-9-7-23(8-10-24)16-6-11-30(26,27)13-16/h2-5,16H,6-13H2,1H3,(H,20,21). The van der Waals surface area contributed by atoms with Crippen molar-refractivity contribution >= 4 is 49.7 Å². The fourth-order valence-corrected chi connectivity index (χ4v) is 7.13. The van der Waals surface area contributed by atoms with Crippen molar-refractivity contribution in [2.45, 2.75) is 23.7 Å². The molecule has 11 heteroatoms. The van der Waals surface area contributed by atoms with Crippen LogP contribution in [-0.4, -0.2) is 83.8 Å². The van der Waals surface area contributed by atoms with Crippen LogP contribution in [0.4, 0.5) is 10.8 Å². The van der Waals surface area contributed by atoms with Gasteiger partial charge >= 0.3 is 0 Å². The molecule has 0 spiro atoms. The molecular formula is C19H25N5O3S3. The first-order valence-electron chi connectivity index (χ1n) is 9.90. The van der Waals surface area contributed by atoms with Gasteiger partial charge in [-0.05, 0) is 25.5 Å². The first-order valence-corrected chi connectivity index (χ1v) is 13.5. The number of hydrogen-bond donors (Lipinski definition) is 1. The van der Waals surface area contributed by atoms with Crippen LogP contribution >= 0.6 is 23.1 Å². The second-order valence-corrected chi connectivity index (χ2v) is 12.1. The van der Waals surface area contributed by atoms with Crippen LogP contribution in [0.25, 0.3) is 0 Å². The van der Waals surface area contributed by atoms with Crippen LogP contribution in [0.2, 0.25) is 0 Å². The van der Waals surface area contributed by atoms with Gasteiger partial charge in [0, 0.05) is 37.9 Å². The monoisotopic (exact) mass is 467 g/mol. The molecule has 3 heterocycles. The van der Waals surface area contributed by atoms with E-state index < -0.39 is 9.84 Å². The third-order valence-corrected chi connectivity index (χ3v) is 9.13. The average molecular weight is 468 g/mol. The molecule has 8 nitrogen and oxygen atoms in total. The maximum atomic E-state index is 12.6. The molecule has 1 aromatic carbocycles. The number of anilines is 2. The second-order valence-electron chi connectivity index (χ2n) is 7.63. The van der Waals surface area contributed by atoms with Crippen LogP contribution < -0.4 is 5.32 Å². The zero-order valence-electron chi connectivity index (χ0n) is 16.8. The normalized spacial score (nSPS) is 21.6. The largest absolute Gasteiger partial charge is 0.339 e. The molecule has 30 heavy (non-hydrogen) atoms. The summed E-state index contributed by atoms with van der Waals surface area (Å²) in [7, 11) is -2.88. The highest BCUT2D eigenvalue weighted by Crippen LogP contribution is 2.28. The minimum absolute atomic E-state index is 0.0851. The molecule has 0 bridgehead atoms. The molecular weight excluding hydrogens is 442 g/mol. The number of rotatable bonds is 6. The van der Waals surface area contributed by atoms with E-state index in [-0.39, 0.29) is 23.5 Å². The summed E-state index contributed by atoms with van der Waals surface area (Å²) in [4.78, 5) is 16.6. The highest BCUT2D eigenvalue weighted by molar-refractivity contribution is 8.01. The quantitative estimate of drug-likeness (QED) is 0.645. The van der Waals surface area contributed by atoms with Crippen molar-refractivity contribution in [1.82, 2.24) is 20.0 Å². The molecule has 4 rings (SSSR count). The fraction of sp³-hybridized carbons (Fsp3) is 0.526. The first kappa shape index (κ1) is 21.5. The third-order valence-electron chi connectivity index (χ3n) is 5.42. The number of sulfone groups is 1. The van der Waals surface area contributed by atoms with E-state index >= 15 is 0 Å². The molecule has 1 aromatic heterocycles. The summed E-state index contributed by atoms with van der Waals surface area (Å²) >= 11 is 2.83. The number of benzene rings is 1. The Labute approximate surface area is 185 Å². The number of thioether (sulfide) groups is 1. The van der Waals surface area contributed by atoms with Gasteiger partial charge in [0.2, 0.25) is 11.0 Å². The van der Waals surface area contributed by atoms with Gasteiger partial charge in [0.15, 0.2) is 14.2 Å². The zero-order valence-corrected chi connectivity index (χ0v) is 19.2. The van der Waals surface area contributed by atoms with Gasteiger partial charge in [-0.2, -0.15) is 0 Å². The molecule has 162 valence electrons. The first-order chi connectivity index (χ1) is 14.4. The summed E-state index contributed by atoms with van der Waals surface area (Å²) in [5, 5.41) is 12.2. The van der Waals surface area contributed by atoms with E-state index in [9.17, 15) is 13.2 Å². The Kier molecular flexibility index (Phi) is 6.61. The number of nitrogens with zero attached hydrogens (tertiary/aromatic N) is 4. The number of carbonyl (C=O) groups is 1. The Morgan fingerprint density at radius 1 is 1.20 bits per heavy atom. The van der Waals surface area contributed by atoms with Gasteiger partial charge in [-0.3, -0.25) is 9.69 Å². The Bertz CT molecular complexity index is 985. The van der Waals surface area contributed by atoms with Crippen molar-refractivity contribution in [2.75, 3.05) is 48.8 Å². The lowest BCUT2D eigenvalue weighted by atomic mass is 10.2. The van der Waals surface area contributed by atoms with E-state index in [1.807, 2.05) is 36.1 Å². The summed E-state index contributed by atoms with van der Waals surface area (Å²) in [6.07, 6.45) is 0.710. The van der Waals surface area contributed by atoms with Gasteiger partial charge in [0.05, 0.1) is 17.3 Å². The van der Waals surface area contributed by atoms with Crippen molar-refractivity contribution in [3.05, 3.63) is 29.8 Å². The number of piperazine rings is 1. The van der Waals surface area contributed by atoms with Crippen molar-refractivity contribution in [3.8, 4) is 0 Å². The van der Waals surface area contributed by atoms with E-state index in [0.29, 0.717) is 30.4 Å². The number of amides is 1. The van der Waals surface area contributed by atoms with E-state index in [4.69, 9.17) is 0 Å². The summed E-state index contributed by atoms with van der Waals surface area (Å²) in [5.41, 5.74) is 2.15. The van der Waals surface area contributed by atoms with Crippen LogP contribution in [0.15, 0.2) is 28.6 Å². The molecule has 2 aliphatic rings. The smallest absolute Gasteiger partial charge is 0.233 e. The average Bonchev–Trinajstić information content (AvgIpc) is 3.34. The van der Waals surface area contributed by atoms with Crippen molar-refractivity contribution in [1.29, 1.82) is 0 Å².